The van der Waals surface area contributed by atoms with Gasteiger partial charge >= 0.3 is 0 Å². The molecule has 5 nitrogen and oxygen atoms in total. The molecule has 6 heteroatoms. The summed E-state index contributed by atoms with van der Waals surface area (Å²) in [5.74, 6) is -0.713. The lowest BCUT2D eigenvalue weighted by atomic mass is 10.1. The molecule has 2 N–H and O–H groups in total. The summed E-state index contributed by atoms with van der Waals surface area (Å²) in [7, 11) is 0. The summed E-state index contributed by atoms with van der Waals surface area (Å²) in [5.41, 5.74) is 1.25. The molecule has 1 aliphatic rings. The number of carbonyl (C=O) groups excluding carboxylic acids is 2. The van der Waals surface area contributed by atoms with E-state index in [9.17, 15) is 14.7 Å². The normalized spacial score (nSPS) is 16.0. The minimum absolute atomic E-state index is 0.0824. The third-order valence-electron chi connectivity index (χ3n) is 2.51. The van der Waals surface area contributed by atoms with Crippen molar-refractivity contribution < 1.29 is 14.7 Å². The number of piperazine rings is 1. The quantitative estimate of drug-likeness (QED) is 0.745. The molecule has 1 aliphatic heterocycles. The third-order valence-corrected chi connectivity index (χ3v) is 2.74. The first-order valence-corrected chi connectivity index (χ1v) is 5.45. The zero-order valence-corrected chi connectivity index (χ0v) is 9.70. The maximum atomic E-state index is 11.3. The molecule has 0 unspecified atom stereocenters. The Hall–Kier alpha value is -1.59. The van der Waals surface area contributed by atoms with Gasteiger partial charge in [0.15, 0.2) is 0 Å². The monoisotopic (exact) mass is 254 g/mol. The molecular formula is C11H11ClN2O3. The van der Waals surface area contributed by atoms with E-state index in [-0.39, 0.29) is 31.5 Å². The van der Waals surface area contributed by atoms with Gasteiger partial charge in [0.25, 0.3) is 0 Å². The summed E-state index contributed by atoms with van der Waals surface area (Å²) in [6.07, 6.45) is 0. The number of nitrogens with one attached hydrogen (secondary N) is 1. The van der Waals surface area contributed by atoms with Crippen LogP contribution < -0.4 is 10.2 Å². The average Bonchev–Trinajstić information content (AvgIpc) is 2.27. The Morgan fingerprint density at radius 3 is 2.53 bits per heavy atom. The highest BCUT2D eigenvalue weighted by atomic mass is 35.5. The SMILES string of the molecule is O=C1CN(c2cc(Cl)ccc2CO)CC(=O)N1. The lowest BCUT2D eigenvalue weighted by Gasteiger charge is -2.29. The molecule has 1 saturated heterocycles. The van der Waals surface area contributed by atoms with Crippen LogP contribution in [-0.4, -0.2) is 30.0 Å². The minimum atomic E-state index is -0.356. The van der Waals surface area contributed by atoms with Crippen LogP contribution in [0.4, 0.5) is 5.69 Å². The van der Waals surface area contributed by atoms with Gasteiger partial charge < -0.3 is 10.0 Å². The zero-order chi connectivity index (χ0) is 12.4. The van der Waals surface area contributed by atoms with E-state index in [4.69, 9.17) is 11.6 Å². The lowest BCUT2D eigenvalue weighted by Crippen LogP contribution is -2.51. The molecule has 2 amide bonds. The summed E-state index contributed by atoms with van der Waals surface area (Å²) < 4.78 is 0. The predicted molar refractivity (Wildman–Crippen MR) is 62.7 cm³/mol. The van der Waals surface area contributed by atoms with E-state index in [1.807, 2.05) is 0 Å². The van der Waals surface area contributed by atoms with Crippen LogP contribution in [-0.2, 0) is 16.2 Å². The molecule has 0 aliphatic carbocycles. The van der Waals surface area contributed by atoms with Gasteiger partial charge in [-0.3, -0.25) is 14.9 Å². The summed E-state index contributed by atoms with van der Waals surface area (Å²) in [5, 5.41) is 11.9. The van der Waals surface area contributed by atoms with Crippen molar-refractivity contribution in [2.45, 2.75) is 6.61 Å². The zero-order valence-electron chi connectivity index (χ0n) is 8.94. The van der Waals surface area contributed by atoms with Crippen molar-refractivity contribution in [1.82, 2.24) is 5.32 Å². The number of rotatable bonds is 2. The van der Waals surface area contributed by atoms with E-state index >= 15 is 0 Å². The van der Waals surface area contributed by atoms with Crippen LogP contribution in [0.25, 0.3) is 0 Å². The van der Waals surface area contributed by atoms with Gasteiger partial charge in [-0.1, -0.05) is 17.7 Å². The average molecular weight is 255 g/mol. The first-order chi connectivity index (χ1) is 8.10. The van der Waals surface area contributed by atoms with E-state index in [1.165, 1.54) is 0 Å². The van der Waals surface area contributed by atoms with Gasteiger partial charge in [-0.25, -0.2) is 0 Å². The van der Waals surface area contributed by atoms with Gasteiger partial charge in [-0.05, 0) is 12.1 Å². The Morgan fingerprint density at radius 2 is 1.94 bits per heavy atom. The van der Waals surface area contributed by atoms with Gasteiger partial charge in [0.05, 0.1) is 19.7 Å². The number of benzene rings is 1. The molecule has 0 atom stereocenters. The topological polar surface area (TPSA) is 69.6 Å². The predicted octanol–water partition coefficient (Wildman–Crippen LogP) is 0.295. The van der Waals surface area contributed by atoms with Gasteiger partial charge in [-0.2, -0.15) is 0 Å². The lowest BCUT2D eigenvalue weighted by molar-refractivity contribution is -0.130. The fourth-order valence-electron chi connectivity index (χ4n) is 1.77. The van der Waals surface area contributed by atoms with Crippen molar-refractivity contribution in [1.29, 1.82) is 0 Å². The summed E-state index contributed by atoms with van der Waals surface area (Å²) >= 11 is 5.87. The smallest absolute Gasteiger partial charge is 0.246 e. The van der Waals surface area contributed by atoms with Crippen LogP contribution in [0.2, 0.25) is 5.02 Å². The van der Waals surface area contributed by atoms with Crippen molar-refractivity contribution in [3.8, 4) is 0 Å². The summed E-state index contributed by atoms with van der Waals surface area (Å²) in [6, 6.07) is 4.97. The highest BCUT2D eigenvalue weighted by molar-refractivity contribution is 6.30. The molecule has 0 bridgehead atoms. The Balaban J connectivity index is 2.35. The largest absolute Gasteiger partial charge is 0.392 e. The molecule has 90 valence electrons. The first-order valence-electron chi connectivity index (χ1n) is 5.07. The van der Waals surface area contributed by atoms with Gasteiger partial charge in [0.1, 0.15) is 0 Å². The number of hydrogen-bond donors (Lipinski definition) is 2. The fourth-order valence-corrected chi connectivity index (χ4v) is 1.94. The highest BCUT2D eigenvalue weighted by Gasteiger charge is 2.24. The highest BCUT2D eigenvalue weighted by Crippen LogP contribution is 2.25. The number of imide groups is 1. The Labute approximate surface area is 103 Å². The van der Waals surface area contributed by atoms with E-state index in [1.54, 1.807) is 23.1 Å². The van der Waals surface area contributed by atoms with E-state index in [0.717, 1.165) is 0 Å². The van der Waals surface area contributed by atoms with Gasteiger partial charge in [0.2, 0.25) is 11.8 Å². The van der Waals surface area contributed by atoms with Crippen LogP contribution in [0.1, 0.15) is 5.56 Å². The van der Waals surface area contributed by atoms with Crippen LogP contribution in [0.3, 0.4) is 0 Å². The van der Waals surface area contributed by atoms with Crippen molar-refractivity contribution in [2.75, 3.05) is 18.0 Å². The maximum Gasteiger partial charge on any atom is 0.246 e. The van der Waals surface area contributed by atoms with Crippen molar-refractivity contribution in [3.63, 3.8) is 0 Å². The summed E-state index contributed by atoms with van der Waals surface area (Å²) in [4.78, 5) is 24.1. The number of carbonyl (C=O) groups is 2. The van der Waals surface area contributed by atoms with Crippen LogP contribution >= 0.6 is 11.6 Å². The standard InChI is InChI=1S/C11H11ClN2O3/c12-8-2-1-7(6-15)9(3-8)14-4-10(16)13-11(17)5-14/h1-3,15H,4-6H2,(H,13,16,17). The maximum absolute atomic E-state index is 11.3. The molecule has 1 aromatic rings. The number of aliphatic hydroxyl groups is 1. The van der Waals surface area contributed by atoms with Crippen LogP contribution in [0.15, 0.2) is 18.2 Å². The number of anilines is 1. The third kappa shape index (κ3) is 2.57. The van der Waals surface area contributed by atoms with Crippen LogP contribution in [0, 0.1) is 0 Å². The van der Waals surface area contributed by atoms with E-state index in [2.05, 4.69) is 5.32 Å². The molecule has 0 radical (unpaired) electrons. The van der Waals surface area contributed by atoms with Gasteiger partial charge in [-0.15, -0.1) is 0 Å². The second-order valence-corrected chi connectivity index (χ2v) is 4.19. The number of hydrogen-bond acceptors (Lipinski definition) is 4. The molecular weight excluding hydrogens is 244 g/mol. The second kappa shape index (κ2) is 4.73. The molecule has 0 saturated carbocycles. The summed E-state index contributed by atoms with van der Waals surface area (Å²) in [6.45, 7) is -0.00300. The van der Waals surface area contributed by atoms with Crippen molar-refractivity contribution in [2.24, 2.45) is 0 Å². The molecule has 1 heterocycles. The number of nitrogens with zero attached hydrogens (tertiary/aromatic N) is 1. The Bertz CT molecular complexity index is 460. The second-order valence-electron chi connectivity index (χ2n) is 3.76. The first kappa shape index (κ1) is 11.9. The molecule has 1 fully saturated rings. The fraction of sp³-hybridized carbons (Fsp3) is 0.273. The Morgan fingerprint density at radius 1 is 1.29 bits per heavy atom. The molecule has 0 spiro atoms. The van der Waals surface area contributed by atoms with Crippen molar-refractivity contribution >= 4 is 29.1 Å². The number of amides is 2. The van der Waals surface area contributed by atoms with Crippen molar-refractivity contribution in [3.05, 3.63) is 28.8 Å². The molecule has 2 rings (SSSR count). The minimum Gasteiger partial charge on any atom is -0.392 e. The van der Waals surface area contributed by atoms with E-state index < -0.39 is 0 Å². The number of halogens is 1. The number of aliphatic hydroxyl groups excluding tert-OH is 1. The Kier molecular flexibility index (Phi) is 3.31. The van der Waals surface area contributed by atoms with E-state index in [0.29, 0.717) is 16.3 Å². The molecule has 0 aromatic heterocycles. The van der Waals surface area contributed by atoms with Crippen LogP contribution in [0.5, 0.6) is 0 Å². The van der Waals surface area contributed by atoms with Gasteiger partial charge in [0, 0.05) is 16.3 Å². The molecule has 1 aromatic carbocycles. The molecule has 17 heavy (non-hydrogen) atoms.